The SMILES string of the molecule is COCCNC(=O)c1cc(CN2CC[C@@H](OC)C2)ccc1NC(=O)c1csc(N2CC[C@H](OC)C2)n1. The number of ether oxygens (including phenoxy) is 3. The normalized spacial score (nSPS) is 20.1. The number of nitrogens with one attached hydrogen (secondary N) is 2. The van der Waals surface area contributed by atoms with Crippen molar-refractivity contribution >= 4 is 34.0 Å². The third-order valence-corrected chi connectivity index (χ3v) is 7.51. The second-order valence-electron chi connectivity index (χ2n) is 9.07. The van der Waals surface area contributed by atoms with Gasteiger partial charge in [0, 0.05) is 66.0 Å². The van der Waals surface area contributed by atoms with E-state index >= 15 is 0 Å². The van der Waals surface area contributed by atoms with Crippen molar-refractivity contribution in [3.63, 3.8) is 0 Å². The number of aromatic nitrogens is 1. The zero-order chi connectivity index (χ0) is 25.5. The van der Waals surface area contributed by atoms with Crippen molar-refractivity contribution in [1.29, 1.82) is 0 Å². The molecule has 196 valence electrons. The molecule has 10 nitrogen and oxygen atoms in total. The predicted octanol–water partition coefficient (Wildman–Crippen LogP) is 2.22. The molecule has 1 aromatic heterocycles. The topological polar surface area (TPSA) is 105 Å². The van der Waals surface area contributed by atoms with Gasteiger partial charge in [0.25, 0.3) is 11.8 Å². The number of nitrogens with zero attached hydrogens (tertiary/aromatic N) is 3. The molecule has 0 spiro atoms. The van der Waals surface area contributed by atoms with Gasteiger partial charge in [0.15, 0.2) is 5.13 Å². The Morgan fingerprint density at radius 2 is 1.86 bits per heavy atom. The lowest BCUT2D eigenvalue weighted by molar-refractivity contribution is 0.0937. The molecule has 4 rings (SSSR count). The molecule has 3 heterocycles. The fourth-order valence-corrected chi connectivity index (χ4v) is 5.38. The summed E-state index contributed by atoms with van der Waals surface area (Å²) in [5.41, 5.74) is 2.19. The summed E-state index contributed by atoms with van der Waals surface area (Å²) in [6.07, 6.45) is 2.36. The van der Waals surface area contributed by atoms with Crippen LogP contribution in [0.3, 0.4) is 0 Å². The maximum Gasteiger partial charge on any atom is 0.275 e. The lowest BCUT2D eigenvalue weighted by atomic mass is 10.1. The van der Waals surface area contributed by atoms with Crippen LogP contribution in [-0.2, 0) is 20.8 Å². The molecule has 2 fully saturated rings. The Balaban J connectivity index is 1.47. The smallest absolute Gasteiger partial charge is 0.275 e. The van der Waals surface area contributed by atoms with Gasteiger partial charge in [-0.2, -0.15) is 0 Å². The first-order valence-electron chi connectivity index (χ1n) is 12.2. The highest BCUT2D eigenvalue weighted by Crippen LogP contribution is 2.27. The van der Waals surface area contributed by atoms with Gasteiger partial charge in [0.1, 0.15) is 5.69 Å². The minimum Gasteiger partial charge on any atom is -0.383 e. The van der Waals surface area contributed by atoms with Crippen LogP contribution >= 0.6 is 11.3 Å². The minimum absolute atomic E-state index is 0.185. The molecular weight excluding hydrogens is 482 g/mol. The number of methoxy groups -OCH3 is 3. The van der Waals surface area contributed by atoms with Crippen molar-refractivity contribution < 1.29 is 23.8 Å². The monoisotopic (exact) mass is 517 g/mol. The molecule has 2 amide bonds. The molecule has 2 aliphatic heterocycles. The quantitative estimate of drug-likeness (QED) is 0.437. The van der Waals surface area contributed by atoms with Gasteiger partial charge in [-0.3, -0.25) is 14.5 Å². The fourth-order valence-electron chi connectivity index (χ4n) is 4.53. The van der Waals surface area contributed by atoms with Crippen molar-refractivity contribution in [3.8, 4) is 0 Å². The number of thiazole rings is 1. The molecule has 1 aromatic carbocycles. The highest BCUT2D eigenvalue weighted by molar-refractivity contribution is 7.14. The molecule has 0 bridgehead atoms. The third-order valence-electron chi connectivity index (χ3n) is 6.61. The van der Waals surface area contributed by atoms with Crippen LogP contribution in [0.2, 0.25) is 0 Å². The predicted molar refractivity (Wildman–Crippen MR) is 139 cm³/mol. The van der Waals surface area contributed by atoms with Gasteiger partial charge in [-0.05, 0) is 30.5 Å². The zero-order valence-electron chi connectivity index (χ0n) is 21.1. The molecule has 11 heteroatoms. The maximum absolute atomic E-state index is 13.0. The van der Waals surface area contributed by atoms with E-state index in [4.69, 9.17) is 14.2 Å². The van der Waals surface area contributed by atoms with Gasteiger partial charge >= 0.3 is 0 Å². The molecule has 0 radical (unpaired) electrons. The second kappa shape index (κ2) is 12.6. The number of rotatable bonds is 11. The summed E-state index contributed by atoms with van der Waals surface area (Å²) in [7, 11) is 5.03. The summed E-state index contributed by atoms with van der Waals surface area (Å²) in [4.78, 5) is 35.0. The van der Waals surface area contributed by atoms with Gasteiger partial charge in [0.2, 0.25) is 0 Å². The number of anilines is 2. The fraction of sp³-hybridized carbons (Fsp3) is 0.560. The first kappa shape index (κ1) is 26.5. The van der Waals surface area contributed by atoms with Crippen LogP contribution < -0.4 is 15.5 Å². The van der Waals surface area contributed by atoms with Crippen molar-refractivity contribution in [2.45, 2.75) is 31.6 Å². The Morgan fingerprint density at radius 1 is 1.08 bits per heavy atom. The van der Waals surface area contributed by atoms with Gasteiger partial charge in [-0.15, -0.1) is 11.3 Å². The van der Waals surface area contributed by atoms with E-state index in [0.29, 0.717) is 36.6 Å². The summed E-state index contributed by atoms with van der Waals surface area (Å²) < 4.78 is 15.9. The summed E-state index contributed by atoms with van der Waals surface area (Å²) in [5.74, 6) is -0.608. The number of likely N-dealkylation sites (tertiary alicyclic amines) is 1. The lowest BCUT2D eigenvalue weighted by Crippen LogP contribution is -2.29. The molecule has 2 N–H and O–H groups in total. The first-order valence-corrected chi connectivity index (χ1v) is 13.1. The third kappa shape index (κ3) is 6.60. The standard InChI is InChI=1S/C25H35N5O5S/c1-33-11-8-26-23(31)20-12-17(13-29-9-6-18(14-29)34-2)4-5-21(20)27-24(32)22-16-36-25(28-22)30-10-7-19(15-30)35-3/h4-5,12,16,18-19H,6-11,13-15H2,1-3H3,(H,26,31)(H,27,32)/t18-,19+/m1/s1. The summed E-state index contributed by atoms with van der Waals surface area (Å²) in [6, 6.07) is 5.59. The molecular formula is C25H35N5O5S. The second-order valence-corrected chi connectivity index (χ2v) is 9.91. The van der Waals surface area contributed by atoms with E-state index in [1.807, 2.05) is 12.1 Å². The molecule has 36 heavy (non-hydrogen) atoms. The summed E-state index contributed by atoms with van der Waals surface area (Å²) >= 11 is 1.43. The Morgan fingerprint density at radius 3 is 2.58 bits per heavy atom. The van der Waals surface area contributed by atoms with E-state index in [-0.39, 0.29) is 24.0 Å². The van der Waals surface area contributed by atoms with Crippen LogP contribution in [0.1, 0.15) is 39.3 Å². The number of carbonyl (C=O) groups excluding carboxylic acids is 2. The minimum atomic E-state index is -0.346. The van der Waals surface area contributed by atoms with E-state index in [1.54, 1.807) is 32.8 Å². The van der Waals surface area contributed by atoms with Gasteiger partial charge in [0.05, 0.1) is 30.1 Å². The number of hydrogen-bond acceptors (Lipinski definition) is 9. The highest BCUT2D eigenvalue weighted by atomic mass is 32.1. The average Bonchev–Trinajstić information content (AvgIpc) is 3.65. The van der Waals surface area contributed by atoms with Crippen LogP contribution in [0.15, 0.2) is 23.6 Å². The van der Waals surface area contributed by atoms with E-state index in [0.717, 1.165) is 49.7 Å². The zero-order valence-corrected chi connectivity index (χ0v) is 21.9. The maximum atomic E-state index is 13.0. The highest BCUT2D eigenvalue weighted by Gasteiger charge is 2.26. The van der Waals surface area contributed by atoms with Crippen molar-refractivity contribution in [2.24, 2.45) is 0 Å². The molecule has 0 aliphatic carbocycles. The average molecular weight is 518 g/mol. The molecule has 2 aromatic rings. The van der Waals surface area contributed by atoms with Crippen molar-refractivity contribution in [2.75, 3.05) is 70.9 Å². The Labute approximate surface area is 215 Å². The van der Waals surface area contributed by atoms with Crippen LogP contribution in [0.25, 0.3) is 0 Å². The van der Waals surface area contributed by atoms with Gasteiger partial charge in [-0.1, -0.05) is 6.07 Å². The van der Waals surface area contributed by atoms with E-state index in [1.165, 1.54) is 11.3 Å². The molecule has 0 unspecified atom stereocenters. The first-order chi connectivity index (χ1) is 17.5. The molecule has 2 saturated heterocycles. The number of amides is 2. The Hall–Kier alpha value is -2.57. The Bertz CT molecular complexity index is 1050. The summed E-state index contributed by atoms with van der Waals surface area (Å²) in [5, 5.41) is 8.30. The van der Waals surface area contributed by atoms with Gasteiger partial charge < -0.3 is 29.7 Å². The van der Waals surface area contributed by atoms with Crippen molar-refractivity contribution in [1.82, 2.24) is 15.2 Å². The molecule has 2 atom stereocenters. The van der Waals surface area contributed by atoms with Crippen LogP contribution in [0, 0.1) is 0 Å². The van der Waals surface area contributed by atoms with Crippen LogP contribution in [0.4, 0.5) is 10.8 Å². The Kier molecular flexibility index (Phi) is 9.27. The summed E-state index contributed by atoms with van der Waals surface area (Å²) in [6.45, 7) is 4.91. The van der Waals surface area contributed by atoms with Crippen LogP contribution in [0.5, 0.6) is 0 Å². The molecule has 0 saturated carbocycles. The number of carbonyl (C=O) groups is 2. The van der Waals surface area contributed by atoms with Gasteiger partial charge in [-0.25, -0.2) is 4.98 Å². The van der Waals surface area contributed by atoms with E-state index in [9.17, 15) is 9.59 Å². The van der Waals surface area contributed by atoms with Crippen molar-refractivity contribution in [3.05, 3.63) is 40.4 Å². The number of hydrogen-bond donors (Lipinski definition) is 2. The number of benzene rings is 1. The largest absolute Gasteiger partial charge is 0.383 e. The lowest BCUT2D eigenvalue weighted by Gasteiger charge is -2.18. The van der Waals surface area contributed by atoms with Crippen LogP contribution in [-0.4, -0.2) is 94.6 Å². The van der Waals surface area contributed by atoms with E-state index in [2.05, 4.69) is 25.4 Å². The molecule has 2 aliphatic rings. The van der Waals surface area contributed by atoms with E-state index < -0.39 is 0 Å².